The van der Waals surface area contributed by atoms with Crippen molar-refractivity contribution in [3.63, 3.8) is 0 Å². The normalized spacial score (nSPS) is 11.7. The highest BCUT2D eigenvalue weighted by molar-refractivity contribution is 6.02. The van der Waals surface area contributed by atoms with Crippen molar-refractivity contribution in [3.8, 4) is 0 Å². The van der Waals surface area contributed by atoms with Crippen molar-refractivity contribution in [2.75, 3.05) is 61.0 Å². The summed E-state index contributed by atoms with van der Waals surface area (Å²) in [5, 5.41) is 5.97. The second-order valence-corrected chi connectivity index (χ2v) is 16.3. The number of anilines is 4. The number of carbonyl (C=O) groups excluding carboxylic acids is 5. The minimum absolute atomic E-state index is 0.00118. The molecule has 322 valence electrons. The molecular formula is C44H62N6O9. The van der Waals surface area contributed by atoms with Gasteiger partial charge >= 0.3 is 30.2 Å². The van der Waals surface area contributed by atoms with E-state index in [9.17, 15) is 24.0 Å². The van der Waals surface area contributed by atoms with Crippen LogP contribution in [0.5, 0.6) is 0 Å². The van der Waals surface area contributed by atoms with E-state index in [1.807, 2.05) is 56.3 Å². The van der Waals surface area contributed by atoms with Crippen LogP contribution in [0.2, 0.25) is 0 Å². The zero-order valence-electron chi connectivity index (χ0n) is 36.4. The molecule has 0 aliphatic carbocycles. The summed E-state index contributed by atoms with van der Waals surface area (Å²) in [6.07, 6.45) is 0.522. The average molecular weight is 819 g/mol. The number of aromatic nitrogens is 1. The first-order valence-electron chi connectivity index (χ1n) is 19.9. The number of likely N-dealkylation sites (N-methyl/N-ethyl adjacent to an activating group) is 1. The van der Waals surface area contributed by atoms with Gasteiger partial charge in [0, 0.05) is 44.6 Å². The molecule has 2 aromatic carbocycles. The second kappa shape index (κ2) is 22.3. The van der Waals surface area contributed by atoms with Gasteiger partial charge in [-0.2, -0.15) is 0 Å². The van der Waals surface area contributed by atoms with E-state index in [-0.39, 0.29) is 37.3 Å². The molecule has 3 rings (SSSR count). The van der Waals surface area contributed by atoms with Crippen LogP contribution in [-0.4, -0.2) is 86.2 Å². The molecule has 15 heteroatoms. The smallest absolute Gasteiger partial charge is 0.418 e. The Bertz CT molecular complexity index is 1870. The van der Waals surface area contributed by atoms with Crippen LogP contribution in [-0.2, 0) is 35.1 Å². The van der Waals surface area contributed by atoms with Gasteiger partial charge in [-0.25, -0.2) is 19.4 Å². The number of hydrogen-bond acceptors (Lipinski definition) is 11. The van der Waals surface area contributed by atoms with Gasteiger partial charge in [0.1, 0.15) is 24.6 Å². The maximum Gasteiger partial charge on any atom is 0.418 e. The summed E-state index contributed by atoms with van der Waals surface area (Å²) in [5.74, 6) is -0.633. The number of nitrogens with one attached hydrogen (secondary N) is 2. The Morgan fingerprint density at radius 3 is 2.08 bits per heavy atom. The summed E-state index contributed by atoms with van der Waals surface area (Å²) >= 11 is 0. The van der Waals surface area contributed by atoms with E-state index >= 15 is 0 Å². The molecule has 0 unspecified atom stereocenters. The molecule has 2 N–H and O–H groups in total. The first-order chi connectivity index (χ1) is 27.8. The standard InChI is InChI=1S/C44H62N6O9/c1-12-32(33-17-20-37(50(24-29(2)3)25-30(4)5)36(22-33)47-41(53)46-35-18-15-31(6)16-19-35)23-38(51)57-28-58-43(55)49(11)40-34(14-13-21-45-40)27-56-39(52)26-48(10)42(54)59-44(7,8)9/h13-22,29-30,32H,12,23-28H2,1-11H3,(H2,46,47,53)/t32-/m0/s1. The summed E-state index contributed by atoms with van der Waals surface area (Å²) in [6.45, 7) is 18.1. The Morgan fingerprint density at radius 2 is 1.47 bits per heavy atom. The molecule has 4 amide bonds. The van der Waals surface area contributed by atoms with Gasteiger partial charge in [-0.05, 0) is 87.8 Å². The first-order valence-corrected chi connectivity index (χ1v) is 19.9. The van der Waals surface area contributed by atoms with Crippen LogP contribution in [0.4, 0.5) is 37.3 Å². The molecule has 0 radical (unpaired) electrons. The van der Waals surface area contributed by atoms with Crippen LogP contribution < -0.4 is 20.4 Å². The largest absolute Gasteiger partial charge is 0.459 e. The van der Waals surface area contributed by atoms with Crippen molar-refractivity contribution in [1.82, 2.24) is 9.88 Å². The molecule has 15 nitrogen and oxygen atoms in total. The fraction of sp³-hybridized carbons (Fsp3) is 0.500. The second-order valence-electron chi connectivity index (χ2n) is 16.3. The lowest BCUT2D eigenvalue weighted by molar-refractivity contribution is -0.152. The van der Waals surface area contributed by atoms with E-state index in [4.69, 9.17) is 18.9 Å². The molecule has 0 saturated heterocycles. The first kappa shape index (κ1) is 47.5. The van der Waals surface area contributed by atoms with Gasteiger partial charge in [-0.15, -0.1) is 0 Å². The van der Waals surface area contributed by atoms with Crippen molar-refractivity contribution >= 4 is 53.0 Å². The average Bonchev–Trinajstić information content (AvgIpc) is 3.15. The van der Waals surface area contributed by atoms with Gasteiger partial charge in [-0.1, -0.05) is 64.4 Å². The third kappa shape index (κ3) is 16.1. The number of pyridine rings is 1. The highest BCUT2D eigenvalue weighted by atomic mass is 16.7. The molecule has 59 heavy (non-hydrogen) atoms. The van der Waals surface area contributed by atoms with Gasteiger partial charge in [0.15, 0.2) is 0 Å². The van der Waals surface area contributed by atoms with Crippen LogP contribution in [0.1, 0.15) is 90.8 Å². The third-order valence-corrected chi connectivity index (χ3v) is 8.79. The van der Waals surface area contributed by atoms with E-state index in [2.05, 4.69) is 48.2 Å². The van der Waals surface area contributed by atoms with E-state index in [0.29, 0.717) is 35.2 Å². The molecule has 0 bridgehead atoms. The molecule has 0 saturated carbocycles. The van der Waals surface area contributed by atoms with Crippen LogP contribution in [0.15, 0.2) is 60.8 Å². The monoisotopic (exact) mass is 818 g/mol. The number of rotatable bonds is 18. The molecule has 1 atom stereocenters. The summed E-state index contributed by atoms with van der Waals surface area (Å²) in [7, 11) is 2.84. The lowest BCUT2D eigenvalue weighted by Crippen LogP contribution is -2.37. The number of ether oxygens (including phenoxy) is 4. The summed E-state index contributed by atoms with van der Waals surface area (Å²) < 4.78 is 21.2. The fourth-order valence-electron chi connectivity index (χ4n) is 5.99. The summed E-state index contributed by atoms with van der Waals surface area (Å²) in [5.41, 5.74) is 3.75. The zero-order valence-corrected chi connectivity index (χ0v) is 36.4. The Kier molecular flexibility index (Phi) is 18.0. The minimum atomic E-state index is -0.858. The SMILES string of the molecule is CC[C@@H](CC(=O)OCOC(=O)N(C)c1ncccc1COC(=O)CN(C)C(=O)OC(C)(C)C)c1ccc(N(CC(C)C)CC(C)C)c(NC(=O)Nc2ccc(C)cc2)c1. The van der Waals surface area contributed by atoms with E-state index in [1.165, 1.54) is 20.3 Å². The topological polar surface area (TPSA) is 169 Å². The Morgan fingerprint density at radius 1 is 0.814 bits per heavy atom. The maximum atomic E-state index is 13.3. The van der Waals surface area contributed by atoms with Gasteiger partial charge in [0.2, 0.25) is 6.79 Å². The Hall–Kier alpha value is -5.86. The molecule has 0 aliphatic heterocycles. The quantitative estimate of drug-likeness (QED) is 0.0715. The van der Waals surface area contributed by atoms with Crippen molar-refractivity contribution in [1.29, 1.82) is 0 Å². The summed E-state index contributed by atoms with van der Waals surface area (Å²) in [6, 6.07) is 16.3. The number of urea groups is 1. The number of benzene rings is 2. The molecule has 1 aromatic heterocycles. The highest BCUT2D eigenvalue weighted by Gasteiger charge is 2.24. The fourth-order valence-corrected chi connectivity index (χ4v) is 5.99. The van der Waals surface area contributed by atoms with Crippen LogP contribution in [0, 0.1) is 18.8 Å². The van der Waals surface area contributed by atoms with Crippen molar-refractivity contribution < 1.29 is 42.9 Å². The molecule has 3 aromatic rings. The number of aryl methyl sites for hydroxylation is 1. The van der Waals surface area contributed by atoms with Gasteiger partial charge < -0.3 is 39.4 Å². The molecule has 0 fully saturated rings. The number of esters is 2. The molecule has 1 heterocycles. The maximum absolute atomic E-state index is 13.3. The zero-order chi connectivity index (χ0) is 43.9. The number of carbonyl (C=O) groups is 5. The predicted octanol–water partition coefficient (Wildman–Crippen LogP) is 8.72. The molecule has 0 aliphatic rings. The van der Waals surface area contributed by atoms with Gasteiger partial charge in [0.25, 0.3) is 0 Å². The molecular weight excluding hydrogens is 757 g/mol. The Balaban J connectivity index is 1.65. The number of amides is 4. The lowest BCUT2D eigenvalue weighted by Gasteiger charge is -2.31. The van der Waals surface area contributed by atoms with Crippen LogP contribution in [0.3, 0.4) is 0 Å². The number of hydrogen-bond donors (Lipinski definition) is 2. The van der Waals surface area contributed by atoms with Crippen molar-refractivity contribution in [2.24, 2.45) is 11.8 Å². The van der Waals surface area contributed by atoms with Crippen LogP contribution >= 0.6 is 0 Å². The van der Waals surface area contributed by atoms with Gasteiger partial charge in [-0.3, -0.25) is 14.5 Å². The minimum Gasteiger partial charge on any atom is -0.459 e. The van der Waals surface area contributed by atoms with Crippen molar-refractivity contribution in [2.45, 2.75) is 93.3 Å². The highest BCUT2D eigenvalue weighted by Crippen LogP contribution is 2.34. The van der Waals surface area contributed by atoms with Gasteiger partial charge in [0.05, 0.1) is 17.8 Å². The van der Waals surface area contributed by atoms with E-state index < -0.39 is 36.5 Å². The van der Waals surface area contributed by atoms with E-state index in [1.54, 1.807) is 32.9 Å². The Labute approximate surface area is 348 Å². The summed E-state index contributed by atoms with van der Waals surface area (Å²) in [4.78, 5) is 72.8. The predicted molar refractivity (Wildman–Crippen MR) is 229 cm³/mol. The number of nitrogens with zero attached hydrogens (tertiary/aromatic N) is 4. The third-order valence-electron chi connectivity index (χ3n) is 8.79. The lowest BCUT2D eigenvalue weighted by atomic mass is 9.92. The van der Waals surface area contributed by atoms with Crippen molar-refractivity contribution in [3.05, 3.63) is 77.5 Å². The van der Waals surface area contributed by atoms with Crippen LogP contribution in [0.25, 0.3) is 0 Å². The van der Waals surface area contributed by atoms with E-state index in [0.717, 1.165) is 39.7 Å². The molecule has 0 spiro atoms.